The Balaban J connectivity index is 0.000000119. The highest BCUT2D eigenvalue weighted by molar-refractivity contribution is 9.10. The van der Waals surface area contributed by atoms with Gasteiger partial charge in [0.25, 0.3) is 0 Å². The van der Waals surface area contributed by atoms with Crippen molar-refractivity contribution in [1.82, 2.24) is 19.9 Å². The highest BCUT2D eigenvalue weighted by Gasteiger charge is 2.04. The van der Waals surface area contributed by atoms with Gasteiger partial charge in [0, 0.05) is 49.4 Å². The molecule has 0 radical (unpaired) electrons. The Morgan fingerprint density at radius 3 is 1.93 bits per heavy atom. The second-order valence-electron chi connectivity index (χ2n) is 6.28. The number of halogens is 1. The molecule has 2 aromatic carbocycles. The van der Waals surface area contributed by atoms with Gasteiger partial charge in [-0.25, -0.2) is 9.97 Å². The number of fused-ring (bicyclic) bond motifs is 6. The molecule has 0 aliphatic rings. The summed E-state index contributed by atoms with van der Waals surface area (Å²) in [7, 11) is 0. The van der Waals surface area contributed by atoms with Crippen LogP contribution in [0, 0.1) is 0 Å². The van der Waals surface area contributed by atoms with Crippen molar-refractivity contribution in [3.05, 3.63) is 83.6 Å². The Morgan fingerprint density at radius 2 is 1.19 bits per heavy atom. The molecular weight excluding hydrogens is 400 g/mol. The van der Waals surface area contributed by atoms with E-state index in [4.69, 9.17) is 0 Å². The number of H-pyrrole nitrogens is 2. The van der Waals surface area contributed by atoms with Crippen molar-refractivity contribution < 1.29 is 0 Å². The normalized spacial score (nSPS) is 11.1. The van der Waals surface area contributed by atoms with E-state index in [1.807, 2.05) is 30.3 Å². The van der Waals surface area contributed by atoms with Crippen molar-refractivity contribution in [3.8, 4) is 0 Å². The van der Waals surface area contributed by atoms with E-state index in [-0.39, 0.29) is 0 Å². The van der Waals surface area contributed by atoms with Crippen LogP contribution in [0.5, 0.6) is 0 Å². The van der Waals surface area contributed by atoms with Gasteiger partial charge in [-0.1, -0.05) is 34.1 Å². The molecule has 0 atom stereocenters. The molecular formula is C22H15BrN4. The molecule has 0 spiro atoms. The summed E-state index contributed by atoms with van der Waals surface area (Å²) in [5.41, 5.74) is 4.18. The van der Waals surface area contributed by atoms with E-state index >= 15 is 0 Å². The molecule has 2 N–H and O–H groups in total. The molecule has 5 heteroatoms. The number of para-hydroxylation sites is 1. The largest absolute Gasteiger partial charge is 0.339 e. The second-order valence-corrected chi connectivity index (χ2v) is 7.20. The van der Waals surface area contributed by atoms with Gasteiger partial charge in [0.2, 0.25) is 0 Å². The predicted octanol–water partition coefficient (Wildman–Crippen LogP) is 6.19. The summed E-state index contributed by atoms with van der Waals surface area (Å²) in [6, 6.07) is 22.5. The van der Waals surface area contributed by atoms with Crippen molar-refractivity contribution in [3.63, 3.8) is 0 Å². The first-order valence-corrected chi connectivity index (χ1v) is 9.42. The Bertz CT molecular complexity index is 1350. The summed E-state index contributed by atoms with van der Waals surface area (Å²) in [6.07, 6.45) is 3.60. The van der Waals surface area contributed by atoms with E-state index in [9.17, 15) is 0 Å². The van der Waals surface area contributed by atoms with E-state index in [0.29, 0.717) is 0 Å². The van der Waals surface area contributed by atoms with Crippen molar-refractivity contribution in [2.45, 2.75) is 0 Å². The fraction of sp³-hybridized carbons (Fsp3) is 0. The van der Waals surface area contributed by atoms with Crippen molar-refractivity contribution in [1.29, 1.82) is 0 Å². The van der Waals surface area contributed by atoms with Gasteiger partial charge >= 0.3 is 0 Å². The lowest BCUT2D eigenvalue weighted by Crippen LogP contribution is -1.71. The van der Waals surface area contributed by atoms with Crippen LogP contribution in [0.3, 0.4) is 0 Å². The summed E-state index contributed by atoms with van der Waals surface area (Å²) in [6.45, 7) is 0. The summed E-state index contributed by atoms with van der Waals surface area (Å²) in [5, 5.41) is 4.81. The molecule has 0 aliphatic carbocycles. The Hall–Kier alpha value is -3.18. The van der Waals surface area contributed by atoms with Crippen molar-refractivity contribution in [2.75, 3.05) is 0 Å². The van der Waals surface area contributed by atoms with E-state index in [2.05, 4.69) is 72.3 Å². The van der Waals surface area contributed by atoms with Crippen LogP contribution in [0.15, 0.2) is 83.6 Å². The van der Waals surface area contributed by atoms with Crippen molar-refractivity contribution in [2.24, 2.45) is 0 Å². The molecule has 0 amide bonds. The molecule has 27 heavy (non-hydrogen) atoms. The van der Waals surface area contributed by atoms with Crippen LogP contribution in [-0.4, -0.2) is 19.9 Å². The average molecular weight is 415 g/mol. The third-order valence-corrected chi connectivity index (χ3v) is 5.10. The van der Waals surface area contributed by atoms with Crippen LogP contribution in [-0.2, 0) is 0 Å². The summed E-state index contributed by atoms with van der Waals surface area (Å²) >= 11 is 3.47. The van der Waals surface area contributed by atoms with Gasteiger partial charge in [0.15, 0.2) is 0 Å². The monoisotopic (exact) mass is 414 g/mol. The summed E-state index contributed by atoms with van der Waals surface area (Å²) in [5.74, 6) is 0. The highest BCUT2D eigenvalue weighted by atomic mass is 79.9. The zero-order chi connectivity index (χ0) is 18.2. The number of nitrogens with zero attached hydrogens (tertiary/aromatic N) is 2. The van der Waals surface area contributed by atoms with Gasteiger partial charge in [-0.3, -0.25) is 0 Å². The first kappa shape index (κ1) is 16.0. The van der Waals surface area contributed by atoms with Crippen LogP contribution in [0.2, 0.25) is 0 Å². The van der Waals surface area contributed by atoms with Crippen LogP contribution in [0.25, 0.3) is 43.9 Å². The second kappa shape index (κ2) is 6.52. The molecule has 0 unspecified atom stereocenters. The summed E-state index contributed by atoms with van der Waals surface area (Å²) < 4.78 is 1.09. The highest BCUT2D eigenvalue weighted by Crippen LogP contribution is 2.26. The van der Waals surface area contributed by atoms with E-state index in [0.717, 1.165) is 26.8 Å². The minimum absolute atomic E-state index is 0.945. The fourth-order valence-corrected chi connectivity index (χ4v) is 3.74. The number of hydrogen-bond donors (Lipinski definition) is 2. The quantitative estimate of drug-likeness (QED) is 0.311. The third-order valence-electron chi connectivity index (χ3n) is 4.61. The SMILES string of the molecule is Brc1ccc2[nH]c3ncccc3c2c1.c1ccc2c(c1)[nH]c1ncccc12. The van der Waals surface area contributed by atoms with Crippen LogP contribution in [0.1, 0.15) is 0 Å². The van der Waals surface area contributed by atoms with Gasteiger partial charge in [-0.05, 0) is 48.5 Å². The van der Waals surface area contributed by atoms with E-state index in [1.165, 1.54) is 21.5 Å². The number of rotatable bonds is 0. The molecule has 0 aliphatic heterocycles. The molecule has 4 nitrogen and oxygen atoms in total. The van der Waals surface area contributed by atoms with Gasteiger partial charge in [-0.15, -0.1) is 0 Å². The number of aromatic nitrogens is 4. The minimum atomic E-state index is 0.945. The topological polar surface area (TPSA) is 57.4 Å². The molecule has 0 saturated carbocycles. The lowest BCUT2D eigenvalue weighted by molar-refractivity contribution is 1.35. The first-order chi connectivity index (χ1) is 13.3. The lowest BCUT2D eigenvalue weighted by atomic mass is 10.2. The van der Waals surface area contributed by atoms with Crippen molar-refractivity contribution >= 4 is 59.8 Å². The molecule has 130 valence electrons. The van der Waals surface area contributed by atoms with Gasteiger partial charge in [0.05, 0.1) is 0 Å². The minimum Gasteiger partial charge on any atom is -0.339 e. The maximum atomic E-state index is 4.28. The zero-order valence-corrected chi connectivity index (χ0v) is 15.9. The van der Waals surface area contributed by atoms with Crippen LogP contribution in [0.4, 0.5) is 0 Å². The molecule has 4 heterocycles. The van der Waals surface area contributed by atoms with E-state index in [1.54, 1.807) is 12.4 Å². The van der Waals surface area contributed by atoms with Gasteiger partial charge < -0.3 is 9.97 Å². The maximum absolute atomic E-state index is 4.28. The third kappa shape index (κ3) is 2.86. The maximum Gasteiger partial charge on any atom is 0.138 e. The number of aromatic amines is 2. The standard InChI is InChI=1S/C11H7BrN2.C11H8N2/c12-7-3-4-10-9(6-7)8-2-1-5-13-11(8)14-10;1-2-6-10-8(4-1)9-5-3-7-12-11(9)13-10/h1-6H,(H,13,14);1-7H,(H,12,13). The number of benzene rings is 2. The molecule has 4 aromatic heterocycles. The first-order valence-electron chi connectivity index (χ1n) is 8.63. The molecule has 6 aromatic rings. The summed E-state index contributed by atoms with van der Waals surface area (Å²) in [4.78, 5) is 15.1. The molecule has 0 fully saturated rings. The van der Waals surface area contributed by atoms with Crippen LogP contribution >= 0.6 is 15.9 Å². The average Bonchev–Trinajstić information content (AvgIpc) is 3.26. The van der Waals surface area contributed by atoms with Gasteiger partial charge in [-0.2, -0.15) is 0 Å². The molecule has 0 bridgehead atoms. The molecule has 6 rings (SSSR count). The number of pyridine rings is 2. The van der Waals surface area contributed by atoms with Crippen LogP contribution < -0.4 is 0 Å². The molecule has 0 saturated heterocycles. The van der Waals surface area contributed by atoms with Gasteiger partial charge in [0.1, 0.15) is 11.3 Å². The number of hydrogen-bond acceptors (Lipinski definition) is 2. The Morgan fingerprint density at radius 1 is 0.593 bits per heavy atom. The Kier molecular flexibility index (Phi) is 3.87. The lowest BCUT2D eigenvalue weighted by Gasteiger charge is -1.91. The zero-order valence-electron chi connectivity index (χ0n) is 14.3. The Labute approximate surface area is 163 Å². The predicted molar refractivity (Wildman–Crippen MR) is 115 cm³/mol. The number of nitrogens with one attached hydrogen (secondary N) is 2. The smallest absolute Gasteiger partial charge is 0.138 e. The van der Waals surface area contributed by atoms with E-state index < -0.39 is 0 Å². The fourth-order valence-electron chi connectivity index (χ4n) is 3.37.